The molecular weight excluding hydrogens is 278 g/mol. The number of ether oxygens (including phenoxy) is 2. The van der Waals surface area contributed by atoms with Crippen molar-refractivity contribution in [2.24, 2.45) is 0 Å². The Labute approximate surface area is 122 Å². The molecule has 5 heteroatoms. The van der Waals surface area contributed by atoms with Crippen molar-refractivity contribution in [2.45, 2.75) is 6.61 Å². The normalized spacial score (nSPS) is 10.1. The highest BCUT2D eigenvalue weighted by Crippen LogP contribution is 2.23. The zero-order valence-electron chi connectivity index (χ0n) is 10.9. The second kappa shape index (κ2) is 6.30. The summed E-state index contributed by atoms with van der Waals surface area (Å²) in [6.07, 6.45) is 0. The van der Waals surface area contributed by atoms with Crippen molar-refractivity contribution in [3.8, 4) is 5.75 Å². The van der Waals surface area contributed by atoms with Gasteiger partial charge in [0.25, 0.3) is 0 Å². The fourth-order valence-electron chi connectivity index (χ4n) is 1.71. The van der Waals surface area contributed by atoms with E-state index in [0.717, 1.165) is 5.56 Å². The molecule has 0 fully saturated rings. The fraction of sp³-hybridized carbons (Fsp3) is 0.133. The number of benzene rings is 2. The summed E-state index contributed by atoms with van der Waals surface area (Å²) in [6.45, 7) is 0.103. The van der Waals surface area contributed by atoms with Crippen LogP contribution in [0.3, 0.4) is 0 Å². The van der Waals surface area contributed by atoms with Crippen LogP contribution in [0.5, 0.6) is 5.75 Å². The third-order valence-corrected chi connectivity index (χ3v) is 3.13. The van der Waals surface area contributed by atoms with Crippen molar-refractivity contribution in [1.82, 2.24) is 0 Å². The summed E-state index contributed by atoms with van der Waals surface area (Å²) < 4.78 is 10.3. The van der Waals surface area contributed by atoms with Crippen LogP contribution in [-0.2, 0) is 11.3 Å². The first kappa shape index (κ1) is 14.2. The predicted molar refractivity (Wildman–Crippen MR) is 78.0 cm³/mol. The van der Waals surface area contributed by atoms with Gasteiger partial charge in [-0.25, -0.2) is 4.79 Å². The molecule has 0 unspecified atom stereocenters. The summed E-state index contributed by atoms with van der Waals surface area (Å²) in [5, 5.41) is 0.560. The van der Waals surface area contributed by atoms with Crippen LogP contribution in [0.25, 0.3) is 0 Å². The Hall–Kier alpha value is -2.20. The molecule has 0 saturated heterocycles. The number of hydrogen-bond donors (Lipinski definition) is 1. The van der Waals surface area contributed by atoms with Gasteiger partial charge < -0.3 is 15.2 Å². The summed E-state index contributed by atoms with van der Waals surface area (Å²) in [4.78, 5) is 12.0. The number of nitrogen functional groups attached to an aromatic ring is 1. The maximum absolute atomic E-state index is 12.0. The van der Waals surface area contributed by atoms with E-state index in [9.17, 15) is 4.79 Å². The highest BCUT2D eigenvalue weighted by Gasteiger charge is 2.14. The van der Waals surface area contributed by atoms with Crippen LogP contribution in [0.2, 0.25) is 5.02 Å². The molecule has 0 amide bonds. The number of nitrogens with two attached hydrogens (primary N) is 1. The zero-order chi connectivity index (χ0) is 14.5. The van der Waals surface area contributed by atoms with Gasteiger partial charge in [-0.1, -0.05) is 29.8 Å². The number of carbonyl (C=O) groups is 1. The topological polar surface area (TPSA) is 61.5 Å². The molecule has 104 valence electrons. The van der Waals surface area contributed by atoms with Crippen molar-refractivity contribution in [2.75, 3.05) is 12.8 Å². The van der Waals surface area contributed by atoms with E-state index in [2.05, 4.69) is 0 Å². The lowest BCUT2D eigenvalue weighted by Crippen LogP contribution is -2.07. The van der Waals surface area contributed by atoms with Gasteiger partial charge in [-0.3, -0.25) is 0 Å². The zero-order valence-corrected chi connectivity index (χ0v) is 11.7. The molecule has 0 saturated carbocycles. The van der Waals surface area contributed by atoms with E-state index in [0.29, 0.717) is 22.0 Å². The second-order valence-corrected chi connectivity index (χ2v) is 4.53. The molecule has 2 rings (SSSR count). The van der Waals surface area contributed by atoms with Gasteiger partial charge >= 0.3 is 5.97 Å². The first-order chi connectivity index (χ1) is 9.61. The molecule has 0 radical (unpaired) electrons. The minimum Gasteiger partial charge on any atom is -0.496 e. The summed E-state index contributed by atoms with van der Waals surface area (Å²) in [7, 11) is 1.47. The maximum Gasteiger partial charge on any atom is 0.342 e. The largest absolute Gasteiger partial charge is 0.496 e. The number of esters is 1. The number of halogens is 1. The van der Waals surface area contributed by atoms with E-state index in [1.54, 1.807) is 30.3 Å². The van der Waals surface area contributed by atoms with Gasteiger partial charge in [0.1, 0.15) is 17.9 Å². The first-order valence-electron chi connectivity index (χ1n) is 5.96. The minimum atomic E-state index is -0.484. The van der Waals surface area contributed by atoms with Crippen LogP contribution in [0, 0.1) is 0 Å². The predicted octanol–water partition coefficient (Wildman–Crippen LogP) is 3.29. The van der Waals surface area contributed by atoms with Crippen LogP contribution < -0.4 is 10.5 Å². The average molecular weight is 292 g/mol. The molecule has 0 bridgehead atoms. The fourth-order valence-corrected chi connectivity index (χ4v) is 1.90. The van der Waals surface area contributed by atoms with Crippen molar-refractivity contribution >= 4 is 23.3 Å². The first-order valence-corrected chi connectivity index (χ1v) is 6.33. The maximum atomic E-state index is 12.0. The molecule has 0 atom stereocenters. The van der Waals surface area contributed by atoms with Gasteiger partial charge in [-0.2, -0.15) is 0 Å². The van der Waals surface area contributed by atoms with E-state index in [1.165, 1.54) is 7.11 Å². The van der Waals surface area contributed by atoms with E-state index in [1.807, 2.05) is 12.1 Å². The summed E-state index contributed by atoms with van der Waals surface area (Å²) in [6, 6.07) is 12.0. The van der Waals surface area contributed by atoms with E-state index >= 15 is 0 Å². The number of anilines is 1. The standard InChI is InChI=1S/C15H14ClNO3/c1-19-14-8-11(17)6-7-12(14)15(18)20-9-10-4-2-3-5-13(10)16/h2-8H,9,17H2,1H3. The van der Waals surface area contributed by atoms with Crippen molar-refractivity contribution in [3.05, 3.63) is 58.6 Å². The Kier molecular flexibility index (Phi) is 4.48. The van der Waals surface area contributed by atoms with Crippen LogP contribution in [-0.4, -0.2) is 13.1 Å². The average Bonchev–Trinajstić information content (AvgIpc) is 2.46. The van der Waals surface area contributed by atoms with E-state index in [-0.39, 0.29) is 6.61 Å². The Balaban J connectivity index is 2.11. The number of methoxy groups -OCH3 is 1. The van der Waals surface area contributed by atoms with Gasteiger partial charge in [-0.05, 0) is 18.2 Å². The van der Waals surface area contributed by atoms with Gasteiger partial charge in [0.05, 0.1) is 7.11 Å². The lowest BCUT2D eigenvalue weighted by Gasteiger charge is -2.10. The number of carbonyl (C=O) groups excluding carboxylic acids is 1. The molecule has 2 aromatic carbocycles. The third kappa shape index (κ3) is 3.22. The smallest absolute Gasteiger partial charge is 0.342 e. The summed E-state index contributed by atoms with van der Waals surface area (Å²) >= 11 is 6.00. The van der Waals surface area contributed by atoms with E-state index < -0.39 is 5.97 Å². The molecule has 2 aromatic rings. The van der Waals surface area contributed by atoms with E-state index in [4.69, 9.17) is 26.8 Å². The summed E-state index contributed by atoms with van der Waals surface area (Å²) in [5.74, 6) is -0.101. The third-order valence-electron chi connectivity index (χ3n) is 2.76. The molecule has 0 aliphatic carbocycles. The molecule has 0 aliphatic heterocycles. The summed E-state index contributed by atoms with van der Waals surface area (Å²) in [5.41, 5.74) is 7.23. The Morgan fingerprint density at radius 3 is 2.70 bits per heavy atom. The molecule has 2 N–H and O–H groups in total. The lowest BCUT2D eigenvalue weighted by atomic mass is 10.2. The molecule has 0 spiro atoms. The van der Waals surface area contributed by atoms with Gasteiger partial charge in [0.15, 0.2) is 0 Å². The van der Waals surface area contributed by atoms with Crippen molar-refractivity contribution in [3.63, 3.8) is 0 Å². The molecular formula is C15H14ClNO3. The van der Waals surface area contributed by atoms with Gasteiger partial charge in [0, 0.05) is 22.3 Å². The Morgan fingerprint density at radius 1 is 1.25 bits per heavy atom. The quantitative estimate of drug-likeness (QED) is 0.693. The Bertz CT molecular complexity index is 628. The molecule has 4 nitrogen and oxygen atoms in total. The lowest BCUT2D eigenvalue weighted by molar-refractivity contribution is 0.0469. The monoisotopic (exact) mass is 291 g/mol. The van der Waals surface area contributed by atoms with Crippen LogP contribution >= 0.6 is 11.6 Å². The van der Waals surface area contributed by atoms with Crippen LogP contribution in [0.1, 0.15) is 15.9 Å². The van der Waals surface area contributed by atoms with Crippen molar-refractivity contribution < 1.29 is 14.3 Å². The van der Waals surface area contributed by atoms with Crippen molar-refractivity contribution in [1.29, 1.82) is 0 Å². The minimum absolute atomic E-state index is 0.103. The molecule has 0 aromatic heterocycles. The highest BCUT2D eigenvalue weighted by molar-refractivity contribution is 6.31. The second-order valence-electron chi connectivity index (χ2n) is 4.13. The SMILES string of the molecule is COc1cc(N)ccc1C(=O)OCc1ccccc1Cl. The molecule has 0 heterocycles. The number of hydrogen-bond acceptors (Lipinski definition) is 4. The van der Waals surface area contributed by atoms with Crippen LogP contribution in [0.4, 0.5) is 5.69 Å². The molecule has 20 heavy (non-hydrogen) atoms. The van der Waals surface area contributed by atoms with Crippen LogP contribution in [0.15, 0.2) is 42.5 Å². The number of rotatable bonds is 4. The highest BCUT2D eigenvalue weighted by atomic mass is 35.5. The Morgan fingerprint density at radius 2 is 2.00 bits per heavy atom. The molecule has 0 aliphatic rings. The van der Waals surface area contributed by atoms with Gasteiger partial charge in [0.2, 0.25) is 0 Å². The van der Waals surface area contributed by atoms with Gasteiger partial charge in [-0.15, -0.1) is 0 Å².